The number of Topliss-reactive ketones (excluding diaryl/α,β-unsaturated/α-hetero) is 1. The smallest absolute Gasteiger partial charge is 0.454 e. The molecule has 0 saturated heterocycles. The van der Waals surface area contributed by atoms with Gasteiger partial charge in [0.05, 0.1) is 23.7 Å². The summed E-state index contributed by atoms with van der Waals surface area (Å²) in [4.78, 5) is 37.8. The van der Waals surface area contributed by atoms with Crippen LogP contribution in [0.2, 0.25) is 0 Å². The van der Waals surface area contributed by atoms with Gasteiger partial charge in [-0.05, 0) is 25.3 Å². The minimum atomic E-state index is -5.40. The van der Waals surface area contributed by atoms with E-state index in [9.17, 15) is 40.7 Å². The first-order valence-corrected chi connectivity index (χ1v) is 9.65. The largest absolute Gasteiger partial charge is 0.459 e. The molecule has 5 nitrogen and oxygen atoms in total. The van der Waals surface area contributed by atoms with Crippen molar-refractivity contribution in [2.45, 2.75) is 38.8 Å². The van der Waals surface area contributed by atoms with Crippen LogP contribution in [-0.2, 0) is 17.5 Å². The Morgan fingerprint density at radius 3 is 2.15 bits per heavy atom. The van der Waals surface area contributed by atoms with Crippen LogP contribution in [0, 0.1) is 12.3 Å². The average molecular weight is 483 g/mol. The van der Waals surface area contributed by atoms with E-state index >= 15 is 0 Å². The number of aromatic nitrogens is 1. The fourth-order valence-corrected chi connectivity index (χ4v) is 3.66. The summed E-state index contributed by atoms with van der Waals surface area (Å²) in [6, 6.07) is 5.23. The van der Waals surface area contributed by atoms with Gasteiger partial charge in [0.2, 0.25) is 0 Å². The Balaban J connectivity index is 2.70. The Labute approximate surface area is 187 Å². The summed E-state index contributed by atoms with van der Waals surface area (Å²) in [5.41, 5.74) is -6.22. The van der Waals surface area contributed by atoms with Crippen LogP contribution >= 0.6 is 0 Å². The molecular formula is C23H15F6NO4. The van der Waals surface area contributed by atoms with Crippen molar-refractivity contribution in [2.24, 2.45) is 0 Å². The second-order valence-electron chi connectivity index (χ2n) is 7.49. The number of alkyl halides is 6. The number of pyridine rings is 1. The van der Waals surface area contributed by atoms with E-state index in [1.807, 2.05) is 0 Å². The Hall–Kier alpha value is -3.81. The van der Waals surface area contributed by atoms with Gasteiger partial charge in [-0.1, -0.05) is 30.2 Å². The monoisotopic (exact) mass is 483 g/mol. The summed E-state index contributed by atoms with van der Waals surface area (Å²) in [5.74, 6) is -1.93. The maximum Gasteiger partial charge on any atom is 0.454 e. The maximum absolute atomic E-state index is 14.2. The second-order valence-corrected chi connectivity index (χ2v) is 7.49. The van der Waals surface area contributed by atoms with Crippen LogP contribution in [0.4, 0.5) is 26.3 Å². The summed E-state index contributed by atoms with van der Waals surface area (Å²) in [6.07, 6.45) is -6.41. The van der Waals surface area contributed by atoms with Crippen molar-refractivity contribution in [1.82, 2.24) is 4.57 Å². The number of terminal acetylenes is 1. The number of halogens is 6. The molecule has 0 radical (unpaired) electrons. The van der Waals surface area contributed by atoms with Crippen LogP contribution in [0.1, 0.15) is 40.1 Å². The number of rotatable bonds is 4. The van der Waals surface area contributed by atoms with Crippen LogP contribution in [-0.4, -0.2) is 28.6 Å². The number of hydrogen-bond acceptors (Lipinski definition) is 4. The minimum Gasteiger partial charge on any atom is -0.459 e. The number of nitrogens with zero attached hydrogens (tertiary/aromatic N) is 1. The molecule has 0 aliphatic carbocycles. The standard InChI is InChI=1S/C23H15F6NO4/c1-4-9-30-18-13-8-6-5-7-12(13)14(19(31)23(27,28)29)10-15(18)17(22(24,25)26)16(20(30)32)21(33)34-11(2)3/h1,5-8,10-11H,9H2,2-3H3. The van der Waals surface area contributed by atoms with E-state index in [1.54, 1.807) is 0 Å². The van der Waals surface area contributed by atoms with E-state index in [0.29, 0.717) is 10.6 Å². The predicted octanol–water partition coefficient (Wildman–Crippen LogP) is 5.12. The van der Waals surface area contributed by atoms with Crippen LogP contribution < -0.4 is 5.56 Å². The van der Waals surface area contributed by atoms with E-state index in [2.05, 4.69) is 5.92 Å². The van der Waals surface area contributed by atoms with Crippen LogP contribution in [0.3, 0.4) is 0 Å². The molecule has 1 aromatic heterocycles. The highest BCUT2D eigenvalue weighted by Crippen LogP contribution is 2.40. The molecule has 0 bridgehead atoms. The molecule has 1 heterocycles. The topological polar surface area (TPSA) is 65.4 Å². The van der Waals surface area contributed by atoms with Crippen LogP contribution in [0.15, 0.2) is 35.1 Å². The molecule has 3 rings (SSSR count). The number of hydrogen-bond donors (Lipinski definition) is 0. The van der Waals surface area contributed by atoms with Gasteiger partial charge < -0.3 is 4.74 Å². The van der Waals surface area contributed by atoms with Crippen molar-refractivity contribution >= 4 is 33.4 Å². The van der Waals surface area contributed by atoms with Gasteiger partial charge in [0, 0.05) is 16.3 Å². The molecule has 0 N–H and O–H groups in total. The summed E-state index contributed by atoms with van der Waals surface area (Å²) in [5, 5.41) is -1.56. The number of benzene rings is 2. The summed E-state index contributed by atoms with van der Waals surface area (Å²) >= 11 is 0. The van der Waals surface area contributed by atoms with E-state index in [0.717, 1.165) is 12.1 Å². The number of ether oxygens (including phenoxy) is 1. The Kier molecular flexibility index (Phi) is 6.22. The van der Waals surface area contributed by atoms with Gasteiger partial charge >= 0.3 is 18.3 Å². The molecule has 0 unspecified atom stereocenters. The molecule has 178 valence electrons. The average Bonchev–Trinajstić information content (AvgIpc) is 2.71. The van der Waals surface area contributed by atoms with Crippen LogP contribution in [0.25, 0.3) is 21.7 Å². The molecule has 0 fully saturated rings. The van der Waals surface area contributed by atoms with Gasteiger partial charge in [-0.2, -0.15) is 26.3 Å². The van der Waals surface area contributed by atoms with Crippen molar-refractivity contribution in [1.29, 1.82) is 0 Å². The minimum absolute atomic E-state index is 0.255. The summed E-state index contributed by atoms with van der Waals surface area (Å²) in [7, 11) is 0. The zero-order chi connectivity index (χ0) is 25.6. The number of carbonyl (C=O) groups is 2. The highest BCUT2D eigenvalue weighted by Gasteiger charge is 2.44. The third-order valence-electron chi connectivity index (χ3n) is 4.85. The lowest BCUT2D eigenvalue weighted by Gasteiger charge is -2.21. The molecule has 2 aromatic carbocycles. The highest BCUT2D eigenvalue weighted by atomic mass is 19.4. The zero-order valence-electron chi connectivity index (χ0n) is 17.6. The van der Waals surface area contributed by atoms with E-state index < -0.39 is 69.9 Å². The molecule has 0 aliphatic heterocycles. The molecule has 0 aliphatic rings. The Bertz CT molecular complexity index is 1420. The quantitative estimate of drug-likeness (QED) is 0.170. The maximum atomic E-state index is 14.2. The lowest BCUT2D eigenvalue weighted by atomic mass is 9.93. The highest BCUT2D eigenvalue weighted by molar-refractivity contribution is 6.19. The molecule has 0 saturated carbocycles. The van der Waals surface area contributed by atoms with Gasteiger partial charge in [-0.25, -0.2) is 4.79 Å². The number of carbonyl (C=O) groups excluding carboxylic acids is 2. The van der Waals surface area contributed by atoms with Gasteiger partial charge in [0.15, 0.2) is 0 Å². The third-order valence-corrected chi connectivity index (χ3v) is 4.85. The number of ketones is 1. The van der Waals surface area contributed by atoms with Gasteiger partial charge in [-0.3, -0.25) is 14.2 Å². The molecule has 3 aromatic rings. The fourth-order valence-electron chi connectivity index (χ4n) is 3.66. The lowest BCUT2D eigenvalue weighted by Crippen LogP contribution is -2.33. The number of fused-ring (bicyclic) bond motifs is 3. The zero-order valence-corrected chi connectivity index (χ0v) is 17.6. The Morgan fingerprint density at radius 1 is 1.06 bits per heavy atom. The van der Waals surface area contributed by atoms with Gasteiger partial charge in [-0.15, -0.1) is 6.42 Å². The lowest BCUT2D eigenvalue weighted by molar-refractivity contribution is -0.137. The van der Waals surface area contributed by atoms with Crippen molar-refractivity contribution < 1.29 is 40.7 Å². The first kappa shape index (κ1) is 24.8. The van der Waals surface area contributed by atoms with Gasteiger partial charge in [0.1, 0.15) is 5.56 Å². The molecule has 34 heavy (non-hydrogen) atoms. The summed E-state index contributed by atoms with van der Waals surface area (Å²) < 4.78 is 88.0. The molecule has 0 amide bonds. The molecular weight excluding hydrogens is 468 g/mol. The molecule has 11 heteroatoms. The van der Waals surface area contributed by atoms with Crippen molar-refractivity contribution in [3.05, 3.63) is 57.4 Å². The third kappa shape index (κ3) is 4.23. The summed E-state index contributed by atoms with van der Waals surface area (Å²) in [6.45, 7) is 2.06. The van der Waals surface area contributed by atoms with Gasteiger partial charge in [0.25, 0.3) is 11.3 Å². The molecule has 0 atom stereocenters. The predicted molar refractivity (Wildman–Crippen MR) is 110 cm³/mol. The van der Waals surface area contributed by atoms with E-state index in [-0.39, 0.29) is 10.8 Å². The Morgan fingerprint density at radius 2 is 1.65 bits per heavy atom. The van der Waals surface area contributed by atoms with E-state index in [4.69, 9.17) is 11.2 Å². The fraction of sp³-hybridized carbons (Fsp3) is 0.261. The SMILES string of the molecule is C#CCn1c(=O)c(C(=O)OC(C)C)c(C(F)(F)F)c2cc(C(=O)C(F)(F)F)c3ccccc3c21. The van der Waals surface area contributed by atoms with Crippen molar-refractivity contribution in [3.8, 4) is 12.3 Å². The molecule has 0 spiro atoms. The first-order chi connectivity index (χ1) is 15.7. The van der Waals surface area contributed by atoms with Crippen molar-refractivity contribution in [2.75, 3.05) is 0 Å². The second kappa shape index (κ2) is 8.52. The normalized spacial score (nSPS) is 12.2. The van der Waals surface area contributed by atoms with Crippen LogP contribution in [0.5, 0.6) is 0 Å². The van der Waals surface area contributed by atoms with E-state index in [1.165, 1.54) is 26.0 Å². The van der Waals surface area contributed by atoms with Crippen molar-refractivity contribution in [3.63, 3.8) is 0 Å². The first-order valence-electron chi connectivity index (χ1n) is 9.65. The number of esters is 1.